The predicted octanol–water partition coefficient (Wildman–Crippen LogP) is 2.72. The van der Waals surface area contributed by atoms with Crippen molar-refractivity contribution in [3.8, 4) is 0 Å². The van der Waals surface area contributed by atoms with E-state index < -0.39 is 0 Å². The van der Waals surface area contributed by atoms with Crippen molar-refractivity contribution in [2.75, 3.05) is 26.3 Å². The Labute approximate surface area is 113 Å². The van der Waals surface area contributed by atoms with Gasteiger partial charge in [0.1, 0.15) is 0 Å². The number of benzene rings is 1. The molecular formula is C15H21NOS. The summed E-state index contributed by atoms with van der Waals surface area (Å²) in [5, 5.41) is 4.19. The lowest BCUT2D eigenvalue weighted by Gasteiger charge is -2.27. The van der Waals surface area contributed by atoms with Crippen LogP contribution in [0.4, 0.5) is 0 Å². The summed E-state index contributed by atoms with van der Waals surface area (Å²) >= 11 is 2.00. The molecule has 1 atom stereocenters. The normalized spacial score (nSPS) is 24.8. The number of ether oxygens (including phenoxy) is 1. The van der Waals surface area contributed by atoms with Crippen molar-refractivity contribution < 1.29 is 4.74 Å². The number of hydrogen-bond donors (Lipinski definition) is 1. The highest BCUT2D eigenvalue weighted by molar-refractivity contribution is 8.00. The molecule has 1 unspecified atom stereocenters. The second-order valence-corrected chi connectivity index (χ2v) is 6.64. The van der Waals surface area contributed by atoms with E-state index in [1.165, 1.54) is 42.8 Å². The Morgan fingerprint density at radius 3 is 2.89 bits per heavy atom. The summed E-state index contributed by atoms with van der Waals surface area (Å²) in [4.78, 5) is 1.47. The fourth-order valence-corrected chi connectivity index (χ4v) is 3.81. The molecule has 3 rings (SSSR count). The van der Waals surface area contributed by atoms with Crippen LogP contribution in [0.15, 0.2) is 29.2 Å². The molecule has 0 amide bonds. The van der Waals surface area contributed by atoms with E-state index in [2.05, 4.69) is 29.6 Å². The van der Waals surface area contributed by atoms with Gasteiger partial charge in [-0.2, -0.15) is 0 Å². The van der Waals surface area contributed by atoms with Crippen LogP contribution >= 0.6 is 11.8 Å². The quantitative estimate of drug-likeness (QED) is 0.902. The van der Waals surface area contributed by atoms with E-state index in [-0.39, 0.29) is 0 Å². The first-order valence-electron chi connectivity index (χ1n) is 6.95. The monoisotopic (exact) mass is 263 g/mol. The van der Waals surface area contributed by atoms with Crippen LogP contribution in [0.2, 0.25) is 0 Å². The van der Waals surface area contributed by atoms with Gasteiger partial charge in [-0.3, -0.25) is 0 Å². The topological polar surface area (TPSA) is 21.3 Å². The third-order valence-electron chi connectivity index (χ3n) is 3.78. The van der Waals surface area contributed by atoms with Crippen molar-refractivity contribution in [3.05, 3.63) is 29.8 Å². The van der Waals surface area contributed by atoms with Crippen LogP contribution in [-0.2, 0) is 11.2 Å². The van der Waals surface area contributed by atoms with Crippen molar-refractivity contribution in [2.24, 2.45) is 5.92 Å². The van der Waals surface area contributed by atoms with Gasteiger partial charge in [0.15, 0.2) is 0 Å². The minimum Gasteiger partial charge on any atom is -0.379 e. The summed E-state index contributed by atoms with van der Waals surface area (Å²) < 4.78 is 5.27. The van der Waals surface area contributed by atoms with E-state index in [4.69, 9.17) is 4.74 Å². The number of piperidine rings is 1. The van der Waals surface area contributed by atoms with Crippen LogP contribution in [0.1, 0.15) is 18.4 Å². The molecule has 0 aromatic heterocycles. The zero-order valence-electron chi connectivity index (χ0n) is 10.7. The molecule has 98 valence electrons. The van der Waals surface area contributed by atoms with Crippen molar-refractivity contribution in [1.82, 2.24) is 5.32 Å². The summed E-state index contributed by atoms with van der Waals surface area (Å²) in [7, 11) is 0. The molecule has 0 spiro atoms. The Morgan fingerprint density at radius 1 is 1.28 bits per heavy atom. The summed E-state index contributed by atoms with van der Waals surface area (Å²) in [6.45, 7) is 4.23. The van der Waals surface area contributed by atoms with Gasteiger partial charge in [-0.05, 0) is 49.9 Å². The largest absolute Gasteiger partial charge is 0.379 e. The number of nitrogens with one attached hydrogen (secondary N) is 1. The third kappa shape index (κ3) is 3.08. The molecule has 2 heterocycles. The molecular weight excluding hydrogens is 242 g/mol. The SMILES string of the molecule is c1ccc(SC2COC2)c(CC2CCCNC2)c1. The molecule has 0 saturated carbocycles. The molecule has 18 heavy (non-hydrogen) atoms. The van der Waals surface area contributed by atoms with Gasteiger partial charge in [-0.25, -0.2) is 0 Å². The van der Waals surface area contributed by atoms with E-state index in [0.29, 0.717) is 5.25 Å². The van der Waals surface area contributed by atoms with E-state index >= 15 is 0 Å². The van der Waals surface area contributed by atoms with E-state index in [1.807, 2.05) is 11.8 Å². The number of rotatable bonds is 4. The van der Waals surface area contributed by atoms with Crippen molar-refractivity contribution in [2.45, 2.75) is 29.4 Å². The average molecular weight is 263 g/mol. The fourth-order valence-electron chi connectivity index (χ4n) is 2.66. The van der Waals surface area contributed by atoms with E-state index in [9.17, 15) is 0 Å². The molecule has 0 aliphatic carbocycles. The molecule has 2 aliphatic rings. The first kappa shape index (κ1) is 12.5. The molecule has 2 aliphatic heterocycles. The Bertz CT molecular complexity index is 386. The number of thioether (sulfide) groups is 1. The summed E-state index contributed by atoms with van der Waals surface area (Å²) in [6.07, 6.45) is 3.93. The van der Waals surface area contributed by atoms with Gasteiger partial charge >= 0.3 is 0 Å². The highest BCUT2D eigenvalue weighted by atomic mass is 32.2. The molecule has 2 nitrogen and oxygen atoms in total. The van der Waals surface area contributed by atoms with Gasteiger partial charge < -0.3 is 10.1 Å². The maximum Gasteiger partial charge on any atom is 0.0611 e. The third-order valence-corrected chi connectivity index (χ3v) is 5.04. The van der Waals surface area contributed by atoms with Gasteiger partial charge in [0.05, 0.1) is 18.5 Å². The average Bonchev–Trinajstić information content (AvgIpc) is 2.37. The summed E-state index contributed by atoms with van der Waals surface area (Å²) in [5.74, 6) is 0.818. The maximum absolute atomic E-state index is 5.27. The first-order valence-corrected chi connectivity index (χ1v) is 7.83. The van der Waals surface area contributed by atoms with Crippen LogP contribution in [0, 0.1) is 5.92 Å². The minimum atomic E-state index is 0.677. The van der Waals surface area contributed by atoms with Gasteiger partial charge in [0.25, 0.3) is 0 Å². The molecule has 2 fully saturated rings. The molecule has 0 radical (unpaired) electrons. The van der Waals surface area contributed by atoms with Gasteiger partial charge in [0, 0.05) is 4.90 Å². The Balaban J connectivity index is 1.65. The standard InChI is InChI=1S/C15H21NOS/c1-2-6-15(18-14-10-17-11-14)13(5-1)8-12-4-3-7-16-9-12/h1-2,5-6,12,14,16H,3-4,7-11H2. The predicted molar refractivity (Wildman–Crippen MR) is 76.2 cm³/mol. The van der Waals surface area contributed by atoms with Gasteiger partial charge in [0.2, 0.25) is 0 Å². The summed E-state index contributed by atoms with van der Waals surface area (Å²) in [5.41, 5.74) is 1.53. The highest BCUT2D eigenvalue weighted by Crippen LogP contribution is 2.32. The lowest BCUT2D eigenvalue weighted by molar-refractivity contribution is 0.0455. The van der Waals surface area contributed by atoms with Crippen molar-refractivity contribution >= 4 is 11.8 Å². The van der Waals surface area contributed by atoms with Crippen LogP contribution in [0.5, 0.6) is 0 Å². The van der Waals surface area contributed by atoms with Crippen molar-refractivity contribution in [3.63, 3.8) is 0 Å². The van der Waals surface area contributed by atoms with Gasteiger partial charge in [-0.15, -0.1) is 11.8 Å². The molecule has 1 N–H and O–H groups in total. The molecule has 1 aromatic carbocycles. The van der Waals surface area contributed by atoms with Gasteiger partial charge in [-0.1, -0.05) is 18.2 Å². The molecule has 3 heteroatoms. The molecule has 1 aromatic rings. The number of hydrogen-bond acceptors (Lipinski definition) is 3. The van der Waals surface area contributed by atoms with Crippen LogP contribution in [0.3, 0.4) is 0 Å². The zero-order valence-corrected chi connectivity index (χ0v) is 11.5. The van der Waals surface area contributed by atoms with Crippen LogP contribution in [0.25, 0.3) is 0 Å². The highest BCUT2D eigenvalue weighted by Gasteiger charge is 2.21. The smallest absolute Gasteiger partial charge is 0.0611 e. The second kappa shape index (κ2) is 6.09. The fraction of sp³-hybridized carbons (Fsp3) is 0.600. The van der Waals surface area contributed by atoms with E-state index in [0.717, 1.165) is 19.1 Å². The Hall–Kier alpha value is -0.510. The van der Waals surface area contributed by atoms with Crippen LogP contribution < -0.4 is 5.32 Å². The first-order chi connectivity index (χ1) is 8.92. The lowest BCUT2D eigenvalue weighted by atomic mass is 9.92. The van der Waals surface area contributed by atoms with E-state index in [1.54, 1.807) is 0 Å². The zero-order chi connectivity index (χ0) is 12.2. The lowest BCUT2D eigenvalue weighted by Crippen LogP contribution is -2.31. The summed E-state index contributed by atoms with van der Waals surface area (Å²) in [6, 6.07) is 8.91. The van der Waals surface area contributed by atoms with Crippen molar-refractivity contribution in [1.29, 1.82) is 0 Å². The Kier molecular flexibility index (Phi) is 4.24. The minimum absolute atomic E-state index is 0.677. The Morgan fingerprint density at radius 2 is 2.17 bits per heavy atom. The molecule has 2 saturated heterocycles. The molecule has 0 bridgehead atoms. The second-order valence-electron chi connectivity index (χ2n) is 5.30. The maximum atomic E-state index is 5.27. The van der Waals surface area contributed by atoms with Crippen LogP contribution in [-0.4, -0.2) is 31.6 Å².